The summed E-state index contributed by atoms with van der Waals surface area (Å²) in [5.74, 6) is -0.492. The Morgan fingerprint density at radius 3 is 2.43 bits per heavy atom. The zero-order valence-electron chi connectivity index (χ0n) is 12.4. The molecule has 0 spiro atoms. The predicted octanol–water partition coefficient (Wildman–Crippen LogP) is 3.17. The number of esters is 1. The minimum atomic E-state index is -0.537. The number of ether oxygens (including phenoxy) is 1. The molecule has 1 amide bonds. The van der Waals surface area contributed by atoms with Crippen molar-refractivity contribution in [3.63, 3.8) is 0 Å². The van der Waals surface area contributed by atoms with Gasteiger partial charge < -0.3 is 10.1 Å². The number of hydrogen-bond acceptors (Lipinski definition) is 3. The van der Waals surface area contributed by atoms with Crippen molar-refractivity contribution in [2.24, 2.45) is 5.92 Å². The second-order valence-electron chi connectivity index (χ2n) is 5.09. The molecule has 0 aromatic heterocycles. The Balaban J connectivity index is 2.37. The Labute approximate surface area is 133 Å². The van der Waals surface area contributed by atoms with Gasteiger partial charge in [-0.3, -0.25) is 4.79 Å². The van der Waals surface area contributed by atoms with Crippen LogP contribution in [0.1, 0.15) is 26.3 Å². The maximum Gasteiger partial charge on any atom is 0.331 e. The summed E-state index contributed by atoms with van der Waals surface area (Å²) in [7, 11) is 0. The van der Waals surface area contributed by atoms with Crippen LogP contribution in [-0.4, -0.2) is 24.5 Å². The number of hydrogen-bond donors (Lipinski definition) is 1. The van der Waals surface area contributed by atoms with Gasteiger partial charge in [-0.05, 0) is 36.6 Å². The highest BCUT2D eigenvalue weighted by molar-refractivity contribution is 9.10. The van der Waals surface area contributed by atoms with Crippen LogP contribution in [0.25, 0.3) is 6.08 Å². The highest BCUT2D eigenvalue weighted by atomic mass is 79.9. The van der Waals surface area contributed by atoms with E-state index >= 15 is 0 Å². The molecule has 1 atom stereocenters. The fourth-order valence-electron chi connectivity index (χ4n) is 1.39. The number of halogens is 1. The number of nitrogens with one attached hydrogen (secondary N) is 1. The van der Waals surface area contributed by atoms with Gasteiger partial charge in [-0.1, -0.05) is 41.9 Å². The largest absolute Gasteiger partial charge is 0.452 e. The van der Waals surface area contributed by atoms with Gasteiger partial charge in [0.1, 0.15) is 0 Å². The maximum absolute atomic E-state index is 11.6. The van der Waals surface area contributed by atoms with Crippen LogP contribution in [0.15, 0.2) is 34.8 Å². The lowest BCUT2D eigenvalue weighted by Gasteiger charge is -2.16. The van der Waals surface area contributed by atoms with Gasteiger partial charge in [-0.2, -0.15) is 0 Å². The molecule has 0 saturated heterocycles. The van der Waals surface area contributed by atoms with Crippen molar-refractivity contribution in [1.29, 1.82) is 0 Å². The highest BCUT2D eigenvalue weighted by Crippen LogP contribution is 2.11. The monoisotopic (exact) mass is 353 g/mol. The van der Waals surface area contributed by atoms with Crippen molar-refractivity contribution in [3.05, 3.63) is 40.4 Å². The molecule has 0 bridgehead atoms. The smallest absolute Gasteiger partial charge is 0.331 e. The summed E-state index contributed by atoms with van der Waals surface area (Å²) in [5, 5.41) is 2.77. The van der Waals surface area contributed by atoms with Crippen LogP contribution >= 0.6 is 15.9 Å². The lowest BCUT2D eigenvalue weighted by molar-refractivity contribution is -0.144. The van der Waals surface area contributed by atoms with Crippen molar-refractivity contribution in [2.75, 3.05) is 6.61 Å². The minimum absolute atomic E-state index is 0.0505. The molecule has 1 aromatic carbocycles. The molecule has 114 valence electrons. The Kier molecular flexibility index (Phi) is 7.15. The van der Waals surface area contributed by atoms with Gasteiger partial charge in [0, 0.05) is 16.6 Å². The molecule has 1 rings (SSSR count). The van der Waals surface area contributed by atoms with Gasteiger partial charge in [0.2, 0.25) is 0 Å². The van der Waals surface area contributed by atoms with E-state index < -0.39 is 5.97 Å². The molecule has 0 heterocycles. The molecule has 0 radical (unpaired) electrons. The summed E-state index contributed by atoms with van der Waals surface area (Å²) in [6, 6.07) is 7.54. The van der Waals surface area contributed by atoms with E-state index in [9.17, 15) is 9.59 Å². The quantitative estimate of drug-likeness (QED) is 0.631. The summed E-state index contributed by atoms with van der Waals surface area (Å²) in [5.41, 5.74) is 0.882. The van der Waals surface area contributed by atoms with Crippen molar-refractivity contribution in [2.45, 2.75) is 26.8 Å². The molecule has 1 N–H and O–H groups in total. The first kappa shape index (κ1) is 17.4. The van der Waals surface area contributed by atoms with E-state index in [1.165, 1.54) is 6.08 Å². The van der Waals surface area contributed by atoms with Crippen molar-refractivity contribution in [3.8, 4) is 0 Å². The molecule has 4 nitrogen and oxygen atoms in total. The van der Waals surface area contributed by atoms with Crippen LogP contribution in [0, 0.1) is 5.92 Å². The van der Waals surface area contributed by atoms with E-state index in [1.807, 2.05) is 45.0 Å². The first-order valence-electron chi connectivity index (χ1n) is 6.78. The SMILES string of the molecule is CC(C)[C@H](C)NC(=O)COC(=O)/C=C/c1ccc(Br)cc1. The molecular formula is C16H20BrNO3. The standard InChI is InChI=1S/C16H20BrNO3/c1-11(2)12(3)18-15(19)10-21-16(20)9-6-13-4-7-14(17)8-5-13/h4-9,11-12H,10H2,1-3H3,(H,18,19)/b9-6+/t12-/m0/s1. The van der Waals surface area contributed by atoms with Crippen molar-refractivity contribution < 1.29 is 14.3 Å². The minimum Gasteiger partial charge on any atom is -0.452 e. The van der Waals surface area contributed by atoms with E-state index in [-0.39, 0.29) is 18.6 Å². The summed E-state index contributed by atoms with van der Waals surface area (Å²) < 4.78 is 5.85. The molecule has 0 aliphatic rings. The molecule has 0 saturated carbocycles. The fourth-order valence-corrected chi connectivity index (χ4v) is 1.65. The van der Waals surface area contributed by atoms with Crippen molar-refractivity contribution >= 4 is 33.9 Å². The summed E-state index contributed by atoms with van der Waals surface area (Å²) in [6.07, 6.45) is 2.95. The van der Waals surface area contributed by atoms with E-state index in [0.29, 0.717) is 5.92 Å². The Bertz CT molecular complexity index is 509. The first-order chi connectivity index (χ1) is 9.88. The van der Waals surface area contributed by atoms with E-state index in [4.69, 9.17) is 4.74 Å². The third kappa shape index (κ3) is 7.09. The Hall–Kier alpha value is -1.62. The zero-order valence-corrected chi connectivity index (χ0v) is 14.0. The predicted molar refractivity (Wildman–Crippen MR) is 86.6 cm³/mol. The topological polar surface area (TPSA) is 55.4 Å². The van der Waals surface area contributed by atoms with Crippen LogP contribution in [-0.2, 0) is 14.3 Å². The molecular weight excluding hydrogens is 334 g/mol. The van der Waals surface area contributed by atoms with Crippen LogP contribution in [0.5, 0.6) is 0 Å². The number of amides is 1. The molecule has 5 heteroatoms. The lowest BCUT2D eigenvalue weighted by Crippen LogP contribution is -2.38. The Morgan fingerprint density at radius 2 is 1.86 bits per heavy atom. The van der Waals surface area contributed by atoms with Gasteiger partial charge in [0.05, 0.1) is 0 Å². The van der Waals surface area contributed by atoms with E-state index in [2.05, 4.69) is 21.2 Å². The van der Waals surface area contributed by atoms with Gasteiger partial charge in [0.25, 0.3) is 5.91 Å². The maximum atomic E-state index is 11.6. The molecule has 1 aromatic rings. The van der Waals surface area contributed by atoms with E-state index in [1.54, 1.807) is 6.08 Å². The normalized spacial score (nSPS) is 12.4. The second kappa shape index (κ2) is 8.62. The van der Waals surface area contributed by atoms with Crippen LogP contribution < -0.4 is 5.32 Å². The van der Waals surface area contributed by atoms with Crippen LogP contribution in [0.2, 0.25) is 0 Å². The summed E-state index contributed by atoms with van der Waals surface area (Å²) >= 11 is 3.34. The lowest BCUT2D eigenvalue weighted by atomic mass is 10.1. The number of carbonyl (C=O) groups excluding carboxylic acids is 2. The third-order valence-electron chi connectivity index (χ3n) is 3.02. The number of rotatable bonds is 6. The molecule has 0 aliphatic carbocycles. The van der Waals surface area contributed by atoms with Crippen molar-refractivity contribution in [1.82, 2.24) is 5.32 Å². The fraction of sp³-hybridized carbons (Fsp3) is 0.375. The van der Waals surface area contributed by atoms with Crippen LogP contribution in [0.4, 0.5) is 0 Å². The molecule has 0 aliphatic heterocycles. The van der Waals surface area contributed by atoms with Crippen LogP contribution in [0.3, 0.4) is 0 Å². The number of carbonyl (C=O) groups is 2. The van der Waals surface area contributed by atoms with Gasteiger partial charge in [-0.15, -0.1) is 0 Å². The molecule has 0 unspecified atom stereocenters. The number of benzene rings is 1. The van der Waals surface area contributed by atoms with Gasteiger partial charge >= 0.3 is 5.97 Å². The van der Waals surface area contributed by atoms with E-state index in [0.717, 1.165) is 10.0 Å². The third-order valence-corrected chi connectivity index (χ3v) is 3.54. The van der Waals surface area contributed by atoms with Gasteiger partial charge in [0.15, 0.2) is 6.61 Å². The zero-order chi connectivity index (χ0) is 15.8. The average molecular weight is 354 g/mol. The molecule has 0 fully saturated rings. The molecule has 21 heavy (non-hydrogen) atoms. The summed E-state index contributed by atoms with van der Waals surface area (Å²) in [4.78, 5) is 23.1. The average Bonchev–Trinajstić information content (AvgIpc) is 2.44. The second-order valence-corrected chi connectivity index (χ2v) is 6.01. The highest BCUT2D eigenvalue weighted by Gasteiger charge is 2.11. The first-order valence-corrected chi connectivity index (χ1v) is 7.57. The Morgan fingerprint density at radius 1 is 1.24 bits per heavy atom. The van der Waals surface area contributed by atoms with Gasteiger partial charge in [-0.25, -0.2) is 4.79 Å². The summed E-state index contributed by atoms with van der Waals surface area (Å²) in [6.45, 7) is 5.67.